The summed E-state index contributed by atoms with van der Waals surface area (Å²) in [5.41, 5.74) is 2.02. The van der Waals surface area contributed by atoms with Crippen molar-refractivity contribution >= 4 is 5.91 Å². The topological polar surface area (TPSA) is 51.2 Å². The minimum Gasteiger partial charge on any atom is -0.406 e. The third kappa shape index (κ3) is 5.14. The van der Waals surface area contributed by atoms with E-state index in [4.69, 9.17) is 0 Å². The van der Waals surface area contributed by atoms with Gasteiger partial charge in [-0.1, -0.05) is 6.58 Å². The fraction of sp³-hybridized carbons (Fsp3) is 0.125. The van der Waals surface area contributed by atoms with E-state index in [-0.39, 0.29) is 11.7 Å². The van der Waals surface area contributed by atoms with Crippen LogP contribution in [0.5, 0.6) is 5.75 Å². The van der Waals surface area contributed by atoms with E-state index < -0.39 is 6.36 Å². The van der Waals surface area contributed by atoms with E-state index in [1.807, 2.05) is 0 Å². The maximum absolute atomic E-state index is 12.1. The number of benzene rings is 1. The molecule has 0 fully saturated rings. The lowest BCUT2D eigenvalue weighted by molar-refractivity contribution is -0.274. The first-order chi connectivity index (χ1) is 10.9. The molecule has 1 amide bonds. The van der Waals surface area contributed by atoms with E-state index in [9.17, 15) is 18.0 Å². The number of amides is 1. The first-order valence-corrected chi connectivity index (χ1v) is 6.59. The molecule has 4 nitrogen and oxygen atoms in total. The lowest BCUT2D eigenvalue weighted by atomic mass is 10.1. The van der Waals surface area contributed by atoms with E-state index in [0.29, 0.717) is 17.8 Å². The van der Waals surface area contributed by atoms with Gasteiger partial charge in [0.1, 0.15) is 5.75 Å². The molecule has 1 heterocycles. The Balaban J connectivity index is 2.12. The van der Waals surface area contributed by atoms with E-state index in [1.165, 1.54) is 30.3 Å². The van der Waals surface area contributed by atoms with Crippen molar-refractivity contribution in [3.8, 4) is 17.0 Å². The summed E-state index contributed by atoms with van der Waals surface area (Å²) in [6.45, 7) is 3.66. The van der Waals surface area contributed by atoms with Crippen molar-refractivity contribution in [2.24, 2.45) is 0 Å². The first-order valence-electron chi connectivity index (χ1n) is 6.59. The van der Waals surface area contributed by atoms with Crippen LogP contribution in [0.1, 0.15) is 5.56 Å². The third-order valence-electron chi connectivity index (χ3n) is 2.86. The summed E-state index contributed by atoms with van der Waals surface area (Å²) in [4.78, 5) is 15.3. The molecular formula is C16H13F3N2O2. The molecule has 7 heteroatoms. The summed E-state index contributed by atoms with van der Waals surface area (Å²) < 4.78 is 40.2. The van der Waals surface area contributed by atoms with Gasteiger partial charge in [0.2, 0.25) is 5.91 Å². The van der Waals surface area contributed by atoms with Crippen LogP contribution >= 0.6 is 0 Å². The number of hydrogen-bond acceptors (Lipinski definition) is 3. The minimum atomic E-state index is -4.72. The molecule has 120 valence electrons. The lowest BCUT2D eigenvalue weighted by Crippen LogP contribution is -2.19. The number of hydrogen-bond donors (Lipinski definition) is 1. The van der Waals surface area contributed by atoms with E-state index in [0.717, 1.165) is 5.56 Å². The largest absolute Gasteiger partial charge is 0.573 e. The smallest absolute Gasteiger partial charge is 0.406 e. The first kappa shape index (κ1) is 16.5. The number of carbonyl (C=O) groups excluding carboxylic acids is 1. The van der Waals surface area contributed by atoms with E-state index in [2.05, 4.69) is 21.6 Å². The summed E-state index contributed by atoms with van der Waals surface area (Å²) >= 11 is 0. The molecule has 1 N–H and O–H groups in total. The van der Waals surface area contributed by atoms with Gasteiger partial charge in [-0.2, -0.15) is 0 Å². The number of halogens is 3. The van der Waals surface area contributed by atoms with Gasteiger partial charge in [0, 0.05) is 18.3 Å². The molecule has 0 unspecified atom stereocenters. The monoisotopic (exact) mass is 322 g/mol. The highest BCUT2D eigenvalue weighted by Gasteiger charge is 2.30. The van der Waals surface area contributed by atoms with Crippen LogP contribution < -0.4 is 10.1 Å². The SMILES string of the molecule is C=CC(=O)NCc1ccnc(-c2ccc(OC(F)(F)F)cc2)c1. The van der Waals surface area contributed by atoms with Crippen molar-refractivity contribution in [2.45, 2.75) is 12.9 Å². The summed E-state index contributed by atoms with van der Waals surface area (Å²) in [5, 5.41) is 2.63. The Morgan fingerprint density at radius 1 is 1.26 bits per heavy atom. The molecule has 23 heavy (non-hydrogen) atoms. The van der Waals surface area contributed by atoms with Crippen molar-refractivity contribution in [3.63, 3.8) is 0 Å². The molecule has 0 saturated heterocycles. The van der Waals surface area contributed by atoms with Crippen LogP contribution in [-0.2, 0) is 11.3 Å². The molecule has 0 radical (unpaired) electrons. The highest BCUT2D eigenvalue weighted by atomic mass is 19.4. The van der Waals surface area contributed by atoms with Gasteiger partial charge < -0.3 is 10.1 Å². The van der Waals surface area contributed by atoms with Crippen LogP contribution in [0, 0.1) is 0 Å². The Morgan fingerprint density at radius 3 is 2.57 bits per heavy atom. The number of ether oxygens (including phenoxy) is 1. The average Bonchev–Trinajstić information content (AvgIpc) is 2.52. The number of rotatable bonds is 5. The number of pyridine rings is 1. The van der Waals surface area contributed by atoms with Crippen LogP contribution in [0.3, 0.4) is 0 Å². The van der Waals surface area contributed by atoms with Crippen molar-refractivity contribution in [1.29, 1.82) is 0 Å². The van der Waals surface area contributed by atoms with Crippen LogP contribution in [0.25, 0.3) is 11.3 Å². The second-order valence-corrected chi connectivity index (χ2v) is 4.54. The molecule has 0 saturated carbocycles. The third-order valence-corrected chi connectivity index (χ3v) is 2.86. The number of alkyl halides is 3. The molecule has 2 rings (SSSR count). The second kappa shape index (κ2) is 6.95. The van der Waals surface area contributed by atoms with Crippen LogP contribution in [0.2, 0.25) is 0 Å². The maximum atomic E-state index is 12.1. The fourth-order valence-corrected chi connectivity index (χ4v) is 1.83. The highest BCUT2D eigenvalue weighted by molar-refractivity contribution is 5.86. The zero-order chi connectivity index (χ0) is 16.9. The standard InChI is InChI=1S/C16H13F3N2O2/c1-2-15(22)21-10-11-7-8-20-14(9-11)12-3-5-13(6-4-12)23-16(17,18)19/h2-9H,1,10H2,(H,21,22). The second-order valence-electron chi connectivity index (χ2n) is 4.54. The Morgan fingerprint density at radius 2 is 1.96 bits per heavy atom. The van der Waals surface area contributed by atoms with Crippen molar-refractivity contribution in [3.05, 3.63) is 60.8 Å². The number of nitrogens with zero attached hydrogens (tertiary/aromatic N) is 1. The zero-order valence-electron chi connectivity index (χ0n) is 11.9. The fourth-order valence-electron chi connectivity index (χ4n) is 1.83. The molecule has 0 aliphatic heterocycles. The summed E-state index contributed by atoms with van der Waals surface area (Å²) in [6, 6.07) is 8.87. The lowest BCUT2D eigenvalue weighted by Gasteiger charge is -2.09. The normalized spacial score (nSPS) is 10.9. The van der Waals surface area contributed by atoms with Crippen molar-refractivity contribution in [2.75, 3.05) is 0 Å². The molecule has 1 aromatic heterocycles. The molecule has 0 aliphatic rings. The Labute approximate surface area is 130 Å². The summed E-state index contributed by atoms with van der Waals surface area (Å²) in [5.74, 6) is -0.590. The number of carbonyl (C=O) groups is 1. The molecule has 1 aromatic carbocycles. The number of nitrogens with one attached hydrogen (secondary N) is 1. The molecule has 0 aliphatic carbocycles. The number of aromatic nitrogens is 1. The average molecular weight is 322 g/mol. The van der Waals surface area contributed by atoms with Crippen molar-refractivity contribution < 1.29 is 22.7 Å². The minimum absolute atomic E-state index is 0.294. The molecule has 0 atom stereocenters. The van der Waals surface area contributed by atoms with Crippen LogP contribution in [-0.4, -0.2) is 17.3 Å². The van der Waals surface area contributed by atoms with Gasteiger partial charge >= 0.3 is 6.36 Å². The molecule has 0 spiro atoms. The van der Waals surface area contributed by atoms with Gasteiger partial charge in [0.05, 0.1) is 5.69 Å². The Kier molecular flexibility index (Phi) is 5.00. The highest BCUT2D eigenvalue weighted by Crippen LogP contribution is 2.25. The Hall–Kier alpha value is -2.83. The van der Waals surface area contributed by atoms with Gasteiger partial charge in [-0.15, -0.1) is 13.2 Å². The maximum Gasteiger partial charge on any atom is 0.573 e. The predicted octanol–water partition coefficient (Wildman–Crippen LogP) is 3.45. The summed E-state index contributed by atoms with van der Waals surface area (Å²) in [7, 11) is 0. The van der Waals surface area contributed by atoms with Crippen molar-refractivity contribution in [1.82, 2.24) is 10.3 Å². The Bertz CT molecular complexity index is 697. The van der Waals surface area contributed by atoms with Gasteiger partial charge in [0.25, 0.3) is 0 Å². The van der Waals surface area contributed by atoms with Gasteiger partial charge in [-0.3, -0.25) is 9.78 Å². The van der Waals surface area contributed by atoms with Gasteiger partial charge in [-0.25, -0.2) is 0 Å². The van der Waals surface area contributed by atoms with Crippen LogP contribution in [0.4, 0.5) is 13.2 Å². The molecule has 0 bridgehead atoms. The predicted molar refractivity (Wildman–Crippen MR) is 78.4 cm³/mol. The van der Waals surface area contributed by atoms with Crippen LogP contribution in [0.15, 0.2) is 55.3 Å². The van der Waals surface area contributed by atoms with Gasteiger partial charge in [-0.05, 0) is 48.0 Å². The molecular weight excluding hydrogens is 309 g/mol. The zero-order valence-corrected chi connectivity index (χ0v) is 11.9. The van der Waals surface area contributed by atoms with E-state index in [1.54, 1.807) is 18.3 Å². The van der Waals surface area contributed by atoms with Gasteiger partial charge in [0.15, 0.2) is 0 Å². The quantitative estimate of drug-likeness (QED) is 0.858. The summed E-state index contributed by atoms with van der Waals surface area (Å²) in [6.07, 6.45) is -1.99. The van der Waals surface area contributed by atoms with E-state index >= 15 is 0 Å². The molecule has 2 aromatic rings.